The Hall–Kier alpha value is -3.98. The van der Waals surface area contributed by atoms with Crippen molar-refractivity contribution in [2.75, 3.05) is 46.4 Å². The van der Waals surface area contributed by atoms with Crippen LogP contribution in [-0.2, 0) is 0 Å². The van der Waals surface area contributed by atoms with Crippen LogP contribution in [0.1, 0.15) is 34.1 Å². The van der Waals surface area contributed by atoms with Gasteiger partial charge in [-0.1, -0.05) is 72.8 Å². The summed E-state index contributed by atoms with van der Waals surface area (Å²) in [4.78, 5) is 4.73. The topological polar surface area (TPSA) is 71.2 Å². The van der Waals surface area contributed by atoms with Crippen molar-refractivity contribution in [2.45, 2.75) is 19.1 Å². The molecule has 3 aromatic carbocycles. The van der Waals surface area contributed by atoms with Gasteiger partial charge < -0.3 is 19.1 Å². The lowest BCUT2D eigenvalue weighted by molar-refractivity contribution is 0.0393. The van der Waals surface area contributed by atoms with E-state index in [0.29, 0.717) is 23.7 Å². The highest BCUT2D eigenvalue weighted by Crippen LogP contribution is 2.30. The summed E-state index contributed by atoms with van der Waals surface area (Å²) in [6.07, 6.45) is 2.63. The molecule has 1 atom stereocenters. The van der Waals surface area contributed by atoms with Crippen molar-refractivity contribution in [2.24, 2.45) is 0 Å². The first-order valence-corrected chi connectivity index (χ1v) is 13.9. The summed E-state index contributed by atoms with van der Waals surface area (Å²) >= 11 is 0. The van der Waals surface area contributed by atoms with E-state index in [1.807, 2.05) is 19.1 Å². The number of aliphatic hydroxyl groups is 1. The number of ether oxygens (including phenoxy) is 2. The number of aromatic nitrogens is 1. The Labute approximate surface area is 240 Å². The second-order valence-corrected chi connectivity index (χ2v) is 10.2. The molecule has 1 N–H and O–H groups in total. The molecule has 2 heterocycles. The minimum absolute atomic E-state index is 0.0200. The molecule has 1 aliphatic rings. The van der Waals surface area contributed by atoms with Crippen molar-refractivity contribution in [3.05, 3.63) is 113 Å². The molecule has 0 bridgehead atoms. The summed E-state index contributed by atoms with van der Waals surface area (Å²) in [5, 5.41) is 14.6. The zero-order chi connectivity index (χ0) is 28.6. The molecular formula is C33H36FN3O4. The number of aliphatic hydroxyl groups excluding tert-OH is 1. The molecule has 0 radical (unpaired) electrons. The average Bonchev–Trinajstić information content (AvgIpc) is 3.36. The molecule has 7 nitrogen and oxygen atoms in total. The standard InChI is InChI=1S/C33H36FN3O4/c1-24-30(41-35-33(24)39-2)17-16-27-14-9-15-29(34)32(27)40-23-28(38)22-36-18-20-37(21-19-36)31(25-10-5-3-6-11-25)26-12-7-4-8-13-26/h3-17,28,31,38H,18-23H2,1-2H3/b17-16+. The maximum atomic E-state index is 14.7. The maximum absolute atomic E-state index is 14.7. The molecule has 8 heteroatoms. The number of rotatable bonds is 11. The smallest absolute Gasteiger partial charge is 0.257 e. The first kappa shape index (κ1) is 28.5. The normalized spacial score (nSPS) is 15.4. The van der Waals surface area contributed by atoms with E-state index in [2.05, 4.69) is 63.5 Å². The van der Waals surface area contributed by atoms with Crippen LogP contribution in [0.4, 0.5) is 4.39 Å². The third kappa shape index (κ3) is 7.03. The number of piperazine rings is 1. The number of hydrogen-bond donors (Lipinski definition) is 1. The minimum atomic E-state index is -0.766. The van der Waals surface area contributed by atoms with Crippen LogP contribution >= 0.6 is 0 Å². The quantitative estimate of drug-likeness (QED) is 0.263. The molecular weight excluding hydrogens is 521 g/mol. The first-order chi connectivity index (χ1) is 20.0. The van der Waals surface area contributed by atoms with Crippen LogP contribution in [0.3, 0.4) is 0 Å². The highest BCUT2D eigenvalue weighted by molar-refractivity contribution is 5.72. The van der Waals surface area contributed by atoms with Gasteiger partial charge >= 0.3 is 0 Å². The second-order valence-electron chi connectivity index (χ2n) is 10.2. The van der Waals surface area contributed by atoms with Gasteiger partial charge in [0.15, 0.2) is 17.3 Å². The van der Waals surface area contributed by atoms with E-state index in [4.69, 9.17) is 14.0 Å². The van der Waals surface area contributed by atoms with Gasteiger partial charge in [-0.2, -0.15) is 0 Å². The van der Waals surface area contributed by atoms with Gasteiger partial charge in [0.25, 0.3) is 5.88 Å². The Morgan fingerprint density at radius 2 is 1.59 bits per heavy atom. The predicted octanol–water partition coefficient (Wildman–Crippen LogP) is 5.45. The van der Waals surface area contributed by atoms with E-state index in [1.54, 1.807) is 24.3 Å². The Morgan fingerprint density at radius 3 is 2.20 bits per heavy atom. The third-order valence-electron chi connectivity index (χ3n) is 7.41. The van der Waals surface area contributed by atoms with E-state index in [9.17, 15) is 9.50 Å². The fourth-order valence-electron chi connectivity index (χ4n) is 5.27. The SMILES string of the molecule is COc1noc(/C=C/c2cccc(F)c2OCC(O)CN2CCN(C(c3ccccc3)c3ccccc3)CC2)c1C. The zero-order valence-corrected chi connectivity index (χ0v) is 23.4. The number of halogens is 1. The lowest BCUT2D eigenvalue weighted by Crippen LogP contribution is -2.50. The van der Waals surface area contributed by atoms with Gasteiger partial charge in [0.1, 0.15) is 12.7 Å². The van der Waals surface area contributed by atoms with Crippen LogP contribution in [0.5, 0.6) is 11.6 Å². The monoisotopic (exact) mass is 557 g/mol. The van der Waals surface area contributed by atoms with E-state index >= 15 is 0 Å². The molecule has 1 fully saturated rings. The summed E-state index contributed by atoms with van der Waals surface area (Å²) in [5.74, 6) is 0.510. The molecule has 41 heavy (non-hydrogen) atoms. The van der Waals surface area contributed by atoms with Crippen molar-refractivity contribution in [1.29, 1.82) is 0 Å². The lowest BCUT2D eigenvalue weighted by Gasteiger charge is -2.40. The molecule has 1 saturated heterocycles. The molecule has 4 aromatic rings. The van der Waals surface area contributed by atoms with Crippen LogP contribution in [0.15, 0.2) is 83.4 Å². The molecule has 214 valence electrons. The van der Waals surface area contributed by atoms with E-state index in [0.717, 1.165) is 31.7 Å². The molecule has 0 aliphatic carbocycles. The van der Waals surface area contributed by atoms with Crippen LogP contribution in [-0.4, -0.2) is 72.6 Å². The van der Waals surface area contributed by atoms with Crippen molar-refractivity contribution >= 4 is 12.2 Å². The largest absolute Gasteiger partial charge is 0.487 e. The van der Waals surface area contributed by atoms with Crippen LogP contribution in [0, 0.1) is 12.7 Å². The Kier molecular flexibility index (Phi) is 9.46. The Balaban J connectivity index is 1.17. The van der Waals surface area contributed by atoms with E-state index in [1.165, 1.54) is 24.3 Å². The van der Waals surface area contributed by atoms with Gasteiger partial charge in [-0.3, -0.25) is 9.80 Å². The van der Waals surface area contributed by atoms with Crippen molar-refractivity contribution in [1.82, 2.24) is 15.0 Å². The Bertz CT molecular complexity index is 1380. The van der Waals surface area contributed by atoms with Gasteiger partial charge in [-0.25, -0.2) is 4.39 Å². The van der Waals surface area contributed by atoms with Crippen LogP contribution < -0.4 is 9.47 Å². The Morgan fingerprint density at radius 1 is 0.927 bits per heavy atom. The maximum Gasteiger partial charge on any atom is 0.257 e. The number of β-amino-alcohol motifs (C(OH)–C–C–N with tert-alkyl or cyclic N) is 1. The van der Waals surface area contributed by atoms with Gasteiger partial charge in [0.05, 0.1) is 18.7 Å². The summed E-state index contributed by atoms with van der Waals surface area (Å²) < 4.78 is 31.0. The lowest BCUT2D eigenvalue weighted by atomic mass is 9.96. The molecule has 0 amide bonds. The number of para-hydroxylation sites is 1. The molecule has 1 aromatic heterocycles. The van der Waals surface area contributed by atoms with Gasteiger partial charge in [0, 0.05) is 38.3 Å². The fraction of sp³-hybridized carbons (Fsp3) is 0.303. The van der Waals surface area contributed by atoms with Crippen LogP contribution in [0.25, 0.3) is 12.2 Å². The van der Waals surface area contributed by atoms with Gasteiger partial charge in [-0.15, -0.1) is 0 Å². The second kappa shape index (κ2) is 13.6. The summed E-state index contributed by atoms with van der Waals surface area (Å²) in [6.45, 7) is 5.64. The molecule has 0 saturated carbocycles. The zero-order valence-electron chi connectivity index (χ0n) is 23.4. The van der Waals surface area contributed by atoms with Crippen molar-refractivity contribution in [3.8, 4) is 11.6 Å². The minimum Gasteiger partial charge on any atom is -0.487 e. The summed E-state index contributed by atoms with van der Waals surface area (Å²) in [7, 11) is 1.52. The highest BCUT2D eigenvalue weighted by Gasteiger charge is 2.27. The van der Waals surface area contributed by atoms with Gasteiger partial charge in [-0.05, 0) is 41.4 Å². The molecule has 1 aliphatic heterocycles. The number of methoxy groups -OCH3 is 1. The third-order valence-corrected chi connectivity index (χ3v) is 7.41. The number of benzene rings is 3. The molecule has 1 unspecified atom stereocenters. The first-order valence-electron chi connectivity index (χ1n) is 13.9. The number of hydrogen-bond acceptors (Lipinski definition) is 7. The summed E-state index contributed by atoms with van der Waals surface area (Å²) in [5.41, 5.74) is 3.83. The van der Waals surface area contributed by atoms with E-state index in [-0.39, 0.29) is 18.4 Å². The van der Waals surface area contributed by atoms with Crippen molar-refractivity contribution in [3.63, 3.8) is 0 Å². The molecule has 0 spiro atoms. The predicted molar refractivity (Wildman–Crippen MR) is 157 cm³/mol. The van der Waals surface area contributed by atoms with E-state index < -0.39 is 11.9 Å². The van der Waals surface area contributed by atoms with Crippen LogP contribution in [0.2, 0.25) is 0 Å². The number of nitrogens with zero attached hydrogens (tertiary/aromatic N) is 3. The van der Waals surface area contributed by atoms with Gasteiger partial charge in [0.2, 0.25) is 0 Å². The summed E-state index contributed by atoms with van der Waals surface area (Å²) in [6, 6.07) is 26.0. The molecule has 5 rings (SSSR count). The fourth-order valence-corrected chi connectivity index (χ4v) is 5.27. The van der Waals surface area contributed by atoms with Crippen molar-refractivity contribution < 1.29 is 23.5 Å². The highest BCUT2D eigenvalue weighted by atomic mass is 19.1. The average molecular weight is 558 g/mol.